The van der Waals surface area contributed by atoms with Crippen molar-refractivity contribution < 1.29 is 9.53 Å². The van der Waals surface area contributed by atoms with Gasteiger partial charge < -0.3 is 9.64 Å². The number of amides is 1. The second-order valence-corrected chi connectivity index (χ2v) is 6.88. The number of rotatable bonds is 4. The van der Waals surface area contributed by atoms with Crippen molar-refractivity contribution in [2.24, 2.45) is 0 Å². The van der Waals surface area contributed by atoms with E-state index in [2.05, 4.69) is 4.90 Å². The average molecular weight is 336 g/mol. The van der Waals surface area contributed by atoms with Crippen molar-refractivity contribution in [2.75, 3.05) is 26.2 Å². The van der Waals surface area contributed by atoms with E-state index in [1.165, 1.54) is 25.9 Å². The highest BCUT2D eigenvalue weighted by molar-refractivity contribution is 5.94. The van der Waals surface area contributed by atoms with E-state index in [-0.39, 0.29) is 5.91 Å². The van der Waals surface area contributed by atoms with Gasteiger partial charge in [-0.2, -0.15) is 0 Å². The van der Waals surface area contributed by atoms with Gasteiger partial charge >= 0.3 is 0 Å². The van der Waals surface area contributed by atoms with Crippen molar-refractivity contribution in [1.82, 2.24) is 9.80 Å². The summed E-state index contributed by atoms with van der Waals surface area (Å²) in [4.78, 5) is 17.3. The molecule has 2 aliphatic rings. The minimum absolute atomic E-state index is 0.132. The van der Waals surface area contributed by atoms with Gasteiger partial charge in [0, 0.05) is 24.7 Å². The third-order valence-electron chi connectivity index (χ3n) is 5.19. The first kappa shape index (κ1) is 16.2. The summed E-state index contributed by atoms with van der Waals surface area (Å²) in [6, 6.07) is 17.7. The molecule has 4 nitrogen and oxygen atoms in total. The molecule has 2 aromatic carbocycles. The number of carbonyl (C=O) groups excluding carboxylic acids is 1. The average Bonchev–Trinajstić information content (AvgIpc) is 3.34. The Morgan fingerprint density at radius 1 is 0.880 bits per heavy atom. The minimum atomic E-state index is 0.132. The van der Waals surface area contributed by atoms with Crippen LogP contribution in [0, 0.1) is 0 Å². The highest BCUT2D eigenvalue weighted by atomic mass is 16.5. The van der Waals surface area contributed by atoms with Gasteiger partial charge in [-0.1, -0.05) is 18.2 Å². The van der Waals surface area contributed by atoms with Gasteiger partial charge in [0.25, 0.3) is 5.91 Å². The van der Waals surface area contributed by atoms with Gasteiger partial charge in [0.1, 0.15) is 11.5 Å². The molecule has 0 N–H and O–H groups in total. The number of carbonyl (C=O) groups is 1. The van der Waals surface area contributed by atoms with Crippen LogP contribution in [-0.4, -0.2) is 47.9 Å². The van der Waals surface area contributed by atoms with Gasteiger partial charge in [-0.3, -0.25) is 9.69 Å². The van der Waals surface area contributed by atoms with Gasteiger partial charge in [-0.25, -0.2) is 0 Å². The SMILES string of the molecule is O=C(c1ccc(Oc2ccccc2)cc1)N1CCC(N2CCCC2)C1. The molecular weight excluding hydrogens is 312 g/mol. The summed E-state index contributed by atoms with van der Waals surface area (Å²) in [6.07, 6.45) is 3.70. The summed E-state index contributed by atoms with van der Waals surface area (Å²) >= 11 is 0. The van der Waals surface area contributed by atoms with Gasteiger partial charge in [0.05, 0.1) is 0 Å². The van der Waals surface area contributed by atoms with Crippen LogP contribution < -0.4 is 4.74 Å². The van der Waals surface area contributed by atoms with Crippen molar-refractivity contribution in [3.8, 4) is 11.5 Å². The first-order chi connectivity index (χ1) is 12.3. The molecule has 0 aromatic heterocycles. The molecule has 1 amide bonds. The maximum atomic E-state index is 12.7. The lowest BCUT2D eigenvalue weighted by Gasteiger charge is -2.23. The number of ether oxygens (including phenoxy) is 1. The second-order valence-electron chi connectivity index (χ2n) is 6.88. The number of benzene rings is 2. The standard InChI is InChI=1S/C21H24N2O2/c24-21(23-15-12-18(16-23)22-13-4-5-14-22)17-8-10-20(11-9-17)25-19-6-2-1-3-7-19/h1-3,6-11,18H,4-5,12-16H2. The molecule has 2 aliphatic heterocycles. The quantitative estimate of drug-likeness (QED) is 0.851. The fourth-order valence-electron chi connectivity index (χ4n) is 3.80. The predicted molar refractivity (Wildman–Crippen MR) is 98.1 cm³/mol. The molecule has 0 saturated carbocycles. The molecule has 130 valence electrons. The van der Waals surface area contributed by atoms with Crippen molar-refractivity contribution in [3.63, 3.8) is 0 Å². The molecule has 2 fully saturated rings. The van der Waals surface area contributed by atoms with Crippen molar-refractivity contribution >= 4 is 5.91 Å². The summed E-state index contributed by atoms with van der Waals surface area (Å²) in [5.41, 5.74) is 0.738. The maximum Gasteiger partial charge on any atom is 0.253 e. The summed E-state index contributed by atoms with van der Waals surface area (Å²) in [6.45, 7) is 4.11. The zero-order valence-corrected chi connectivity index (χ0v) is 14.4. The zero-order chi connectivity index (χ0) is 17.1. The summed E-state index contributed by atoms with van der Waals surface area (Å²) in [5, 5.41) is 0. The van der Waals surface area contributed by atoms with E-state index in [1.54, 1.807) is 0 Å². The molecule has 2 heterocycles. The topological polar surface area (TPSA) is 32.8 Å². The van der Waals surface area contributed by atoms with Crippen LogP contribution in [0.5, 0.6) is 11.5 Å². The van der Waals surface area contributed by atoms with Crippen LogP contribution in [0.25, 0.3) is 0 Å². The largest absolute Gasteiger partial charge is 0.457 e. The lowest BCUT2D eigenvalue weighted by molar-refractivity contribution is 0.0780. The lowest BCUT2D eigenvalue weighted by atomic mass is 10.2. The van der Waals surface area contributed by atoms with Crippen molar-refractivity contribution in [2.45, 2.75) is 25.3 Å². The summed E-state index contributed by atoms with van der Waals surface area (Å²) < 4.78 is 5.79. The van der Waals surface area contributed by atoms with E-state index in [9.17, 15) is 4.79 Å². The number of para-hydroxylation sites is 1. The van der Waals surface area contributed by atoms with E-state index >= 15 is 0 Å². The lowest BCUT2D eigenvalue weighted by Crippen LogP contribution is -2.37. The van der Waals surface area contributed by atoms with E-state index < -0.39 is 0 Å². The third-order valence-corrected chi connectivity index (χ3v) is 5.19. The molecule has 4 rings (SSSR count). The third kappa shape index (κ3) is 3.69. The fourth-order valence-corrected chi connectivity index (χ4v) is 3.80. The van der Waals surface area contributed by atoms with Gasteiger partial charge in [0.2, 0.25) is 0 Å². The van der Waals surface area contributed by atoms with Crippen LogP contribution in [-0.2, 0) is 0 Å². The predicted octanol–water partition coefficient (Wildman–Crippen LogP) is 3.79. The molecular formula is C21H24N2O2. The smallest absolute Gasteiger partial charge is 0.253 e. The van der Waals surface area contributed by atoms with E-state index in [1.807, 2.05) is 59.5 Å². The number of likely N-dealkylation sites (tertiary alicyclic amines) is 2. The van der Waals surface area contributed by atoms with Crippen LogP contribution in [0.15, 0.2) is 54.6 Å². The Bertz CT molecular complexity index is 708. The molecule has 0 radical (unpaired) electrons. The van der Waals surface area contributed by atoms with E-state index in [0.717, 1.165) is 36.6 Å². The highest BCUT2D eigenvalue weighted by Gasteiger charge is 2.31. The molecule has 1 unspecified atom stereocenters. The normalized spacial score (nSPS) is 20.8. The summed E-state index contributed by atoms with van der Waals surface area (Å²) in [5.74, 6) is 1.68. The first-order valence-corrected chi connectivity index (χ1v) is 9.16. The Hall–Kier alpha value is -2.33. The molecule has 2 aromatic rings. The number of nitrogens with zero attached hydrogens (tertiary/aromatic N) is 2. The fraction of sp³-hybridized carbons (Fsp3) is 0.381. The summed E-state index contributed by atoms with van der Waals surface area (Å²) in [7, 11) is 0. The first-order valence-electron chi connectivity index (χ1n) is 9.16. The molecule has 2 saturated heterocycles. The van der Waals surface area contributed by atoms with E-state index in [0.29, 0.717) is 6.04 Å². The van der Waals surface area contributed by atoms with E-state index in [4.69, 9.17) is 4.74 Å². The van der Waals surface area contributed by atoms with Crippen molar-refractivity contribution in [1.29, 1.82) is 0 Å². The van der Waals surface area contributed by atoms with Crippen LogP contribution in [0.2, 0.25) is 0 Å². The minimum Gasteiger partial charge on any atom is -0.457 e. The Morgan fingerprint density at radius 2 is 1.56 bits per heavy atom. The second kappa shape index (κ2) is 7.28. The molecule has 1 atom stereocenters. The van der Waals surface area contributed by atoms with Gasteiger partial charge in [-0.05, 0) is 68.8 Å². The van der Waals surface area contributed by atoms with Crippen LogP contribution in [0.3, 0.4) is 0 Å². The van der Waals surface area contributed by atoms with Gasteiger partial charge in [-0.15, -0.1) is 0 Å². The van der Waals surface area contributed by atoms with Crippen LogP contribution in [0.4, 0.5) is 0 Å². The molecule has 4 heteroatoms. The number of hydrogen-bond acceptors (Lipinski definition) is 3. The molecule has 0 aliphatic carbocycles. The van der Waals surface area contributed by atoms with Gasteiger partial charge in [0.15, 0.2) is 0 Å². The Kier molecular flexibility index (Phi) is 4.70. The zero-order valence-electron chi connectivity index (χ0n) is 14.4. The Balaban J connectivity index is 1.37. The molecule has 25 heavy (non-hydrogen) atoms. The molecule has 0 spiro atoms. The Labute approximate surface area is 149 Å². The van der Waals surface area contributed by atoms with Crippen LogP contribution in [0.1, 0.15) is 29.6 Å². The Morgan fingerprint density at radius 3 is 2.28 bits per heavy atom. The molecule has 0 bridgehead atoms. The highest BCUT2D eigenvalue weighted by Crippen LogP contribution is 2.24. The monoisotopic (exact) mass is 336 g/mol. The maximum absolute atomic E-state index is 12.7. The van der Waals surface area contributed by atoms with Crippen molar-refractivity contribution in [3.05, 3.63) is 60.2 Å². The number of hydrogen-bond donors (Lipinski definition) is 0. The van der Waals surface area contributed by atoms with Crippen LogP contribution >= 0.6 is 0 Å².